The van der Waals surface area contributed by atoms with E-state index in [0.29, 0.717) is 16.3 Å². The van der Waals surface area contributed by atoms with Crippen LogP contribution in [0.15, 0.2) is 42.5 Å². The van der Waals surface area contributed by atoms with Crippen LogP contribution in [0.5, 0.6) is 5.75 Å². The summed E-state index contributed by atoms with van der Waals surface area (Å²) in [6.45, 7) is 1.71. The molecule has 1 aliphatic carbocycles. The van der Waals surface area contributed by atoms with Gasteiger partial charge in [0.1, 0.15) is 10.8 Å². The summed E-state index contributed by atoms with van der Waals surface area (Å²) in [7, 11) is 1.37. The highest BCUT2D eigenvalue weighted by Gasteiger charge is 2.28. The molecule has 4 rings (SSSR count). The van der Waals surface area contributed by atoms with Crippen LogP contribution >= 0.6 is 11.3 Å². The Kier molecular flexibility index (Phi) is 5.53. The maximum Gasteiger partial charge on any atom is 0.341 e. The number of hydrogen-bond donors (Lipinski definition) is 1. The van der Waals surface area contributed by atoms with E-state index in [2.05, 4.69) is 5.32 Å². The number of rotatable bonds is 5. The topological polar surface area (TPSA) is 64.6 Å². The number of methoxy groups -OCH3 is 1. The number of fused-ring (bicyclic) bond motifs is 2. The third-order valence-corrected chi connectivity index (χ3v) is 6.43. The molecule has 0 radical (unpaired) electrons. The lowest BCUT2D eigenvalue weighted by molar-refractivity contribution is -0.121. The lowest BCUT2D eigenvalue weighted by Gasteiger charge is -2.16. The molecular weight excluding hydrogens is 386 g/mol. The Morgan fingerprint density at radius 2 is 1.83 bits per heavy atom. The standard InChI is InChI=1S/C23H23NO4S/c1-14(28-18-12-7-9-15-8-3-4-10-16(15)18)21(25)24-22-20(23(26)27-2)17-11-5-6-13-19(17)29-22/h3-4,7-10,12,14H,5-6,11,13H2,1-2H3,(H,24,25)/t14-/m1/s1. The maximum atomic E-state index is 12.8. The molecule has 1 amide bonds. The van der Waals surface area contributed by atoms with Gasteiger partial charge in [0.15, 0.2) is 6.10 Å². The van der Waals surface area contributed by atoms with Crippen molar-refractivity contribution in [2.24, 2.45) is 0 Å². The second kappa shape index (κ2) is 8.25. The van der Waals surface area contributed by atoms with Gasteiger partial charge in [-0.15, -0.1) is 11.3 Å². The first kappa shape index (κ1) is 19.5. The van der Waals surface area contributed by atoms with Crippen LogP contribution in [0.1, 0.15) is 40.6 Å². The number of benzene rings is 2. The Hall–Kier alpha value is -2.86. The number of amides is 1. The Morgan fingerprint density at radius 3 is 2.66 bits per heavy atom. The summed E-state index contributed by atoms with van der Waals surface area (Å²) in [4.78, 5) is 26.4. The zero-order valence-corrected chi connectivity index (χ0v) is 17.3. The number of carbonyl (C=O) groups excluding carboxylic acids is 2. The first-order chi connectivity index (χ1) is 14.1. The minimum atomic E-state index is -0.717. The highest BCUT2D eigenvalue weighted by Crippen LogP contribution is 2.38. The van der Waals surface area contributed by atoms with Crippen molar-refractivity contribution in [2.45, 2.75) is 38.7 Å². The average molecular weight is 410 g/mol. The van der Waals surface area contributed by atoms with Crippen molar-refractivity contribution in [1.82, 2.24) is 0 Å². The highest BCUT2D eigenvalue weighted by atomic mass is 32.1. The molecule has 0 saturated carbocycles. The first-order valence-electron chi connectivity index (χ1n) is 9.76. The Morgan fingerprint density at radius 1 is 1.07 bits per heavy atom. The van der Waals surface area contributed by atoms with E-state index in [9.17, 15) is 9.59 Å². The molecule has 150 valence electrons. The molecule has 1 aromatic heterocycles. The number of anilines is 1. The molecule has 0 bridgehead atoms. The number of ether oxygens (including phenoxy) is 2. The van der Waals surface area contributed by atoms with Crippen LogP contribution in [-0.2, 0) is 22.4 Å². The van der Waals surface area contributed by atoms with E-state index in [-0.39, 0.29) is 5.91 Å². The third-order valence-electron chi connectivity index (χ3n) is 5.22. The van der Waals surface area contributed by atoms with Gasteiger partial charge in [-0.05, 0) is 49.6 Å². The number of hydrogen-bond acceptors (Lipinski definition) is 5. The molecule has 2 aromatic carbocycles. The third kappa shape index (κ3) is 3.85. The van der Waals surface area contributed by atoms with Gasteiger partial charge in [0.2, 0.25) is 0 Å². The normalized spacial score (nSPS) is 14.1. The predicted molar refractivity (Wildman–Crippen MR) is 115 cm³/mol. The number of esters is 1. The van der Waals surface area contributed by atoms with E-state index in [0.717, 1.165) is 46.9 Å². The van der Waals surface area contributed by atoms with Crippen LogP contribution in [0.2, 0.25) is 0 Å². The minimum Gasteiger partial charge on any atom is -0.480 e. The Labute approximate surface area is 173 Å². The van der Waals surface area contributed by atoms with Gasteiger partial charge < -0.3 is 14.8 Å². The number of nitrogens with one attached hydrogen (secondary N) is 1. The van der Waals surface area contributed by atoms with E-state index in [1.165, 1.54) is 18.4 Å². The summed E-state index contributed by atoms with van der Waals surface area (Å²) in [6, 6.07) is 13.7. The largest absolute Gasteiger partial charge is 0.480 e. The Bertz CT molecular complexity index is 1070. The fraction of sp³-hybridized carbons (Fsp3) is 0.304. The molecule has 1 heterocycles. The molecule has 5 nitrogen and oxygen atoms in total. The van der Waals surface area contributed by atoms with Gasteiger partial charge in [-0.3, -0.25) is 4.79 Å². The van der Waals surface area contributed by atoms with Gasteiger partial charge in [-0.25, -0.2) is 4.79 Å². The van der Waals surface area contributed by atoms with Crippen LogP contribution in [0.25, 0.3) is 10.8 Å². The van der Waals surface area contributed by atoms with Gasteiger partial charge in [-0.1, -0.05) is 36.4 Å². The van der Waals surface area contributed by atoms with Crippen molar-refractivity contribution >= 4 is 39.0 Å². The molecule has 29 heavy (non-hydrogen) atoms. The lowest BCUT2D eigenvalue weighted by atomic mass is 9.95. The Balaban J connectivity index is 1.56. The van der Waals surface area contributed by atoms with Gasteiger partial charge in [-0.2, -0.15) is 0 Å². The number of carbonyl (C=O) groups is 2. The number of aryl methyl sites for hydroxylation is 1. The lowest BCUT2D eigenvalue weighted by Crippen LogP contribution is -2.30. The molecular formula is C23H23NO4S. The first-order valence-corrected chi connectivity index (χ1v) is 10.6. The van der Waals surface area contributed by atoms with E-state index in [1.54, 1.807) is 6.92 Å². The zero-order chi connectivity index (χ0) is 20.4. The molecule has 1 N–H and O–H groups in total. The second-order valence-electron chi connectivity index (χ2n) is 7.13. The van der Waals surface area contributed by atoms with Gasteiger partial charge >= 0.3 is 5.97 Å². The van der Waals surface area contributed by atoms with Crippen molar-refractivity contribution in [3.63, 3.8) is 0 Å². The zero-order valence-electron chi connectivity index (χ0n) is 16.5. The minimum absolute atomic E-state index is 0.290. The monoisotopic (exact) mass is 409 g/mol. The SMILES string of the molecule is COC(=O)c1c(NC(=O)[C@@H](C)Oc2cccc3ccccc23)sc2c1CCCC2. The summed E-state index contributed by atoms with van der Waals surface area (Å²) in [5.74, 6) is -0.0339. The second-order valence-corrected chi connectivity index (χ2v) is 8.24. The predicted octanol–water partition coefficient (Wildman–Crippen LogP) is 4.97. The molecule has 0 aliphatic heterocycles. The quantitative estimate of drug-likeness (QED) is 0.604. The highest BCUT2D eigenvalue weighted by molar-refractivity contribution is 7.17. The van der Waals surface area contributed by atoms with Crippen LogP contribution in [0, 0.1) is 0 Å². The molecule has 1 aliphatic rings. The van der Waals surface area contributed by atoms with Crippen molar-refractivity contribution in [2.75, 3.05) is 12.4 Å². The van der Waals surface area contributed by atoms with Gasteiger partial charge in [0, 0.05) is 10.3 Å². The van der Waals surface area contributed by atoms with Crippen LogP contribution in [0.4, 0.5) is 5.00 Å². The number of thiophene rings is 1. The summed E-state index contributed by atoms with van der Waals surface area (Å²) in [5.41, 5.74) is 1.52. The van der Waals surface area contributed by atoms with Crippen LogP contribution in [0.3, 0.4) is 0 Å². The van der Waals surface area contributed by atoms with E-state index >= 15 is 0 Å². The molecule has 0 spiro atoms. The molecule has 6 heteroatoms. The summed E-state index contributed by atoms with van der Waals surface area (Å²) in [5, 5.41) is 5.47. The summed E-state index contributed by atoms with van der Waals surface area (Å²) >= 11 is 1.47. The fourth-order valence-electron chi connectivity index (χ4n) is 3.73. The van der Waals surface area contributed by atoms with Crippen molar-refractivity contribution in [1.29, 1.82) is 0 Å². The molecule has 0 fully saturated rings. The molecule has 0 saturated heterocycles. The van der Waals surface area contributed by atoms with Crippen LogP contribution < -0.4 is 10.1 Å². The van der Waals surface area contributed by atoms with Crippen molar-refractivity contribution in [3.05, 3.63) is 58.5 Å². The van der Waals surface area contributed by atoms with Crippen LogP contribution in [-0.4, -0.2) is 25.1 Å². The van der Waals surface area contributed by atoms with Gasteiger partial charge in [0.25, 0.3) is 5.91 Å². The summed E-state index contributed by atoms with van der Waals surface area (Å²) in [6.07, 6.45) is 3.20. The van der Waals surface area contributed by atoms with Gasteiger partial charge in [0.05, 0.1) is 12.7 Å². The van der Waals surface area contributed by atoms with E-state index in [4.69, 9.17) is 9.47 Å². The fourth-order valence-corrected chi connectivity index (χ4v) is 5.01. The van der Waals surface area contributed by atoms with E-state index in [1.807, 2.05) is 42.5 Å². The molecule has 0 unspecified atom stereocenters. The molecule has 1 atom stereocenters. The van der Waals surface area contributed by atoms with Crippen molar-refractivity contribution < 1.29 is 19.1 Å². The summed E-state index contributed by atoms with van der Waals surface area (Å²) < 4.78 is 10.9. The smallest absolute Gasteiger partial charge is 0.341 e. The average Bonchev–Trinajstić information content (AvgIpc) is 3.11. The van der Waals surface area contributed by atoms with Crippen molar-refractivity contribution in [3.8, 4) is 5.75 Å². The maximum absolute atomic E-state index is 12.8. The molecule has 3 aromatic rings. The van der Waals surface area contributed by atoms with E-state index < -0.39 is 12.1 Å².